The van der Waals surface area contributed by atoms with Crippen molar-refractivity contribution < 1.29 is 13.6 Å². The molecule has 4 nitrogen and oxygen atoms in total. The molecule has 1 amide bonds. The fourth-order valence-corrected chi connectivity index (χ4v) is 4.55. The van der Waals surface area contributed by atoms with Crippen molar-refractivity contribution in [2.24, 2.45) is 11.8 Å². The molecule has 3 aromatic rings. The number of hydrogen-bond acceptors (Lipinski definition) is 3. The third-order valence-electron chi connectivity index (χ3n) is 6.11. The van der Waals surface area contributed by atoms with Crippen molar-refractivity contribution in [3.05, 3.63) is 70.9 Å². The topological polar surface area (TPSA) is 54.0 Å². The Hall–Kier alpha value is -2.73. The quantitative estimate of drug-likeness (QED) is 0.535. The van der Waals surface area contributed by atoms with E-state index in [9.17, 15) is 13.6 Å². The van der Waals surface area contributed by atoms with Crippen LogP contribution in [0.2, 0.25) is 5.02 Å². The van der Waals surface area contributed by atoms with Crippen LogP contribution >= 0.6 is 11.6 Å². The molecule has 0 bridgehead atoms. The van der Waals surface area contributed by atoms with Crippen LogP contribution in [0.3, 0.4) is 0 Å². The number of hydrogen-bond donors (Lipinski definition) is 2. The van der Waals surface area contributed by atoms with Crippen molar-refractivity contribution in [1.29, 1.82) is 0 Å². The minimum absolute atomic E-state index is 0.000447. The Balaban J connectivity index is 1.45. The molecule has 0 unspecified atom stereocenters. The van der Waals surface area contributed by atoms with Crippen LogP contribution < -0.4 is 10.6 Å². The van der Waals surface area contributed by atoms with Crippen LogP contribution in [0.5, 0.6) is 0 Å². The van der Waals surface area contributed by atoms with Crippen LogP contribution in [0.15, 0.2) is 48.7 Å². The molecule has 0 radical (unpaired) electrons. The van der Waals surface area contributed by atoms with Gasteiger partial charge in [0.05, 0.1) is 5.52 Å². The Labute approximate surface area is 185 Å². The van der Waals surface area contributed by atoms with Crippen LogP contribution in [-0.4, -0.2) is 23.0 Å². The molecule has 0 aliphatic heterocycles. The number of aromatic nitrogens is 1. The number of rotatable bonds is 4. The van der Waals surface area contributed by atoms with Gasteiger partial charge in [-0.3, -0.25) is 9.78 Å². The van der Waals surface area contributed by atoms with Crippen molar-refractivity contribution in [2.45, 2.75) is 38.8 Å². The highest BCUT2D eigenvalue weighted by Crippen LogP contribution is 2.33. The van der Waals surface area contributed by atoms with Gasteiger partial charge in [0.15, 0.2) is 0 Å². The smallest absolute Gasteiger partial charge is 0.251 e. The molecule has 1 aliphatic rings. The Morgan fingerprint density at radius 3 is 2.42 bits per heavy atom. The first-order valence-corrected chi connectivity index (χ1v) is 10.8. The molecule has 1 heterocycles. The summed E-state index contributed by atoms with van der Waals surface area (Å²) < 4.78 is 26.9. The number of amides is 1. The van der Waals surface area contributed by atoms with E-state index < -0.39 is 17.5 Å². The number of anilines is 1. The molecule has 162 valence electrons. The van der Waals surface area contributed by atoms with Crippen LogP contribution in [0, 0.1) is 23.5 Å². The summed E-state index contributed by atoms with van der Waals surface area (Å²) in [5, 5.41) is 8.27. The molecule has 2 N–H and O–H groups in total. The number of halogens is 3. The van der Waals surface area contributed by atoms with Crippen LogP contribution in [-0.2, 0) is 0 Å². The molecule has 1 aliphatic carbocycles. The molecule has 0 spiro atoms. The summed E-state index contributed by atoms with van der Waals surface area (Å²) in [7, 11) is 0. The number of carbonyl (C=O) groups is 1. The lowest BCUT2D eigenvalue weighted by Crippen LogP contribution is -2.48. The van der Waals surface area contributed by atoms with Crippen LogP contribution in [0.4, 0.5) is 14.5 Å². The highest BCUT2D eigenvalue weighted by Gasteiger charge is 2.34. The minimum Gasteiger partial charge on any atom is -0.381 e. The first-order chi connectivity index (χ1) is 14.8. The van der Waals surface area contributed by atoms with E-state index in [0.717, 1.165) is 47.6 Å². The zero-order valence-corrected chi connectivity index (χ0v) is 18.1. The molecule has 7 heteroatoms. The van der Waals surface area contributed by atoms with Crippen molar-refractivity contribution in [3.63, 3.8) is 0 Å². The van der Waals surface area contributed by atoms with Crippen LogP contribution in [0.25, 0.3) is 10.9 Å². The molecule has 1 saturated carbocycles. The molecule has 2 aromatic carbocycles. The predicted molar refractivity (Wildman–Crippen MR) is 119 cm³/mol. The Kier molecular flexibility index (Phi) is 6.10. The maximum absolute atomic E-state index is 13.5. The SMILES string of the molecule is C[C@@H]1C[C@H](Nc2ccnc3cc(Cl)ccc23)[C@H](C)C[C@@H]1NC(=O)c1cc(F)cc(F)c1. The Morgan fingerprint density at radius 2 is 1.68 bits per heavy atom. The fourth-order valence-electron chi connectivity index (χ4n) is 4.38. The lowest BCUT2D eigenvalue weighted by Gasteiger charge is -2.40. The van der Waals surface area contributed by atoms with Crippen molar-refractivity contribution >= 4 is 34.1 Å². The second-order valence-electron chi connectivity index (χ2n) is 8.43. The molecule has 4 rings (SSSR count). The number of pyridine rings is 1. The van der Waals surface area contributed by atoms with Gasteiger partial charge in [-0.05, 0) is 61.1 Å². The Morgan fingerprint density at radius 1 is 1.00 bits per heavy atom. The first kappa shape index (κ1) is 21.5. The van der Waals surface area contributed by atoms with E-state index >= 15 is 0 Å². The second kappa shape index (κ2) is 8.79. The molecule has 31 heavy (non-hydrogen) atoms. The number of fused-ring (bicyclic) bond motifs is 1. The standard InChI is InChI=1S/C24H24ClF2N3O/c1-13-8-22(30-24(31)15-9-17(26)12-18(27)10-15)14(2)7-21(13)29-20-5-6-28-23-11-16(25)3-4-19(20)23/h3-6,9-14,21-22H,7-8H2,1-2H3,(H,28,29)(H,30,31)/t13-,14-,21+,22+/m1/s1. The lowest BCUT2D eigenvalue weighted by molar-refractivity contribution is 0.0892. The van der Waals surface area contributed by atoms with Gasteiger partial charge in [0.1, 0.15) is 11.6 Å². The van der Waals surface area contributed by atoms with E-state index in [1.54, 1.807) is 6.20 Å². The van der Waals surface area contributed by atoms with E-state index in [2.05, 4.69) is 29.5 Å². The third-order valence-corrected chi connectivity index (χ3v) is 6.35. The number of nitrogens with one attached hydrogen (secondary N) is 2. The summed E-state index contributed by atoms with van der Waals surface area (Å²) in [6.07, 6.45) is 3.37. The average molecular weight is 444 g/mol. The zero-order valence-electron chi connectivity index (χ0n) is 17.3. The minimum atomic E-state index is -0.759. The fraction of sp³-hybridized carbons (Fsp3) is 0.333. The van der Waals surface area contributed by atoms with E-state index in [-0.39, 0.29) is 29.5 Å². The second-order valence-corrected chi connectivity index (χ2v) is 8.87. The summed E-state index contributed by atoms with van der Waals surface area (Å²) >= 11 is 6.09. The molecule has 1 fully saturated rings. The van der Waals surface area contributed by atoms with Crippen LogP contribution in [0.1, 0.15) is 37.0 Å². The van der Waals surface area contributed by atoms with Gasteiger partial charge in [-0.1, -0.05) is 25.4 Å². The Bertz CT molecular complexity index is 1100. The van der Waals surface area contributed by atoms with Gasteiger partial charge in [0.25, 0.3) is 5.91 Å². The van der Waals surface area contributed by atoms with Gasteiger partial charge in [-0.2, -0.15) is 0 Å². The molecule has 1 aromatic heterocycles. The maximum Gasteiger partial charge on any atom is 0.251 e. The van der Waals surface area contributed by atoms with E-state index in [4.69, 9.17) is 11.6 Å². The summed E-state index contributed by atoms with van der Waals surface area (Å²) in [6, 6.07) is 10.6. The normalized spacial score (nSPS) is 23.5. The zero-order chi connectivity index (χ0) is 22.1. The lowest BCUT2D eigenvalue weighted by atomic mass is 9.76. The van der Waals surface area contributed by atoms with Crippen molar-refractivity contribution in [2.75, 3.05) is 5.32 Å². The maximum atomic E-state index is 13.5. The third kappa shape index (κ3) is 4.79. The summed E-state index contributed by atoms with van der Waals surface area (Å²) in [4.78, 5) is 16.9. The molecule has 4 atom stereocenters. The predicted octanol–water partition coefficient (Wildman–Crippen LogP) is 5.81. The van der Waals surface area contributed by atoms with E-state index in [1.165, 1.54) is 0 Å². The molecule has 0 saturated heterocycles. The number of carbonyl (C=O) groups excluding carboxylic acids is 1. The summed E-state index contributed by atoms with van der Waals surface area (Å²) in [5.74, 6) is -1.50. The van der Waals surface area contributed by atoms with Crippen molar-refractivity contribution in [1.82, 2.24) is 10.3 Å². The van der Waals surface area contributed by atoms with Gasteiger partial charge in [-0.15, -0.1) is 0 Å². The largest absolute Gasteiger partial charge is 0.381 e. The van der Waals surface area contributed by atoms with Gasteiger partial charge < -0.3 is 10.6 Å². The highest BCUT2D eigenvalue weighted by molar-refractivity contribution is 6.31. The first-order valence-electron chi connectivity index (χ1n) is 10.4. The number of benzene rings is 2. The van der Waals surface area contributed by atoms with Gasteiger partial charge in [-0.25, -0.2) is 8.78 Å². The highest BCUT2D eigenvalue weighted by atomic mass is 35.5. The molecular formula is C24H24ClF2N3O. The summed E-state index contributed by atoms with van der Waals surface area (Å²) in [6.45, 7) is 4.23. The van der Waals surface area contributed by atoms with Gasteiger partial charge >= 0.3 is 0 Å². The summed E-state index contributed by atoms with van der Waals surface area (Å²) in [5.41, 5.74) is 1.84. The van der Waals surface area contributed by atoms with Gasteiger partial charge in [0.2, 0.25) is 0 Å². The molecular weight excluding hydrogens is 420 g/mol. The van der Waals surface area contributed by atoms with Gasteiger partial charge in [0, 0.05) is 46.0 Å². The average Bonchev–Trinajstić information content (AvgIpc) is 2.70. The number of nitrogens with zero attached hydrogens (tertiary/aromatic N) is 1. The van der Waals surface area contributed by atoms with E-state index in [1.807, 2.05) is 24.3 Å². The van der Waals surface area contributed by atoms with E-state index in [0.29, 0.717) is 5.02 Å². The van der Waals surface area contributed by atoms with Crippen molar-refractivity contribution in [3.8, 4) is 0 Å². The monoisotopic (exact) mass is 443 g/mol.